The molecule has 0 bridgehead atoms. The fourth-order valence-electron chi connectivity index (χ4n) is 8.30. The first-order valence-corrected chi connectivity index (χ1v) is 15.5. The number of hydrogen-bond acceptors (Lipinski definition) is 0. The van der Waals surface area contributed by atoms with Gasteiger partial charge in [0.15, 0.2) is 0 Å². The lowest BCUT2D eigenvalue weighted by atomic mass is 9.55. The lowest BCUT2D eigenvalue weighted by Gasteiger charge is -2.46. The Morgan fingerprint density at radius 1 is 0.535 bits per heavy atom. The topological polar surface area (TPSA) is 4.93 Å². The highest BCUT2D eigenvalue weighted by molar-refractivity contribution is 6.33. The van der Waals surface area contributed by atoms with Crippen molar-refractivity contribution < 1.29 is 0 Å². The van der Waals surface area contributed by atoms with Gasteiger partial charge in [-0.1, -0.05) is 134 Å². The molecule has 2 aliphatic rings. The van der Waals surface area contributed by atoms with Crippen molar-refractivity contribution in [1.29, 1.82) is 0 Å². The fourth-order valence-corrected chi connectivity index (χ4v) is 8.69. The minimum absolute atomic E-state index is 0.148. The Labute approximate surface area is 260 Å². The summed E-state index contributed by atoms with van der Waals surface area (Å²) in [5.41, 5.74) is 12.9. The Morgan fingerprint density at radius 2 is 1.14 bits per heavy atom. The third kappa shape index (κ3) is 3.04. The van der Waals surface area contributed by atoms with Crippen LogP contribution in [-0.2, 0) is 10.8 Å². The minimum atomic E-state index is -0.492. The van der Waals surface area contributed by atoms with Crippen LogP contribution >= 0.6 is 23.2 Å². The van der Waals surface area contributed by atoms with Gasteiger partial charge in [0.1, 0.15) is 0 Å². The van der Waals surface area contributed by atoms with Gasteiger partial charge in [0, 0.05) is 26.8 Å². The van der Waals surface area contributed by atoms with Gasteiger partial charge in [0.25, 0.3) is 0 Å². The van der Waals surface area contributed by atoms with Crippen molar-refractivity contribution in [2.24, 2.45) is 0 Å². The van der Waals surface area contributed by atoms with Crippen molar-refractivity contribution in [3.05, 3.63) is 171 Å². The zero-order valence-electron chi connectivity index (χ0n) is 23.8. The average molecular weight is 593 g/mol. The van der Waals surface area contributed by atoms with Crippen LogP contribution < -0.4 is 0 Å². The molecule has 0 radical (unpaired) electrons. The highest BCUT2D eigenvalue weighted by atomic mass is 35.5. The molecule has 3 heteroatoms. The van der Waals surface area contributed by atoms with Gasteiger partial charge in [0.2, 0.25) is 0 Å². The molecule has 1 spiro atoms. The molecule has 206 valence electrons. The van der Waals surface area contributed by atoms with E-state index in [-0.39, 0.29) is 5.41 Å². The maximum Gasteiger partial charge on any atom is 0.0720 e. The number of para-hydroxylation sites is 2. The molecule has 0 saturated carbocycles. The van der Waals surface area contributed by atoms with Gasteiger partial charge in [-0.2, -0.15) is 0 Å². The molecule has 0 amide bonds. The third-order valence-corrected chi connectivity index (χ3v) is 10.6. The number of halogens is 2. The molecule has 0 aliphatic heterocycles. The lowest BCUT2D eigenvalue weighted by Crippen LogP contribution is -2.40. The van der Waals surface area contributed by atoms with E-state index in [9.17, 15) is 0 Å². The summed E-state index contributed by atoms with van der Waals surface area (Å²) in [7, 11) is 0. The molecule has 1 nitrogen and oxygen atoms in total. The summed E-state index contributed by atoms with van der Waals surface area (Å²) in [5.74, 6) is 0. The predicted molar refractivity (Wildman–Crippen MR) is 180 cm³/mol. The van der Waals surface area contributed by atoms with Crippen LogP contribution in [0.5, 0.6) is 0 Å². The van der Waals surface area contributed by atoms with Crippen LogP contribution in [0, 0.1) is 0 Å². The van der Waals surface area contributed by atoms with Gasteiger partial charge in [-0.05, 0) is 69.3 Å². The molecule has 0 fully saturated rings. The number of aromatic nitrogens is 1. The van der Waals surface area contributed by atoms with Crippen LogP contribution in [0.2, 0.25) is 10.0 Å². The molecule has 43 heavy (non-hydrogen) atoms. The number of fused-ring (bicyclic) bond motifs is 13. The lowest BCUT2D eigenvalue weighted by molar-refractivity contribution is 0.563. The van der Waals surface area contributed by atoms with Crippen molar-refractivity contribution in [2.45, 2.75) is 24.7 Å². The Bertz CT molecular complexity index is 2260. The van der Waals surface area contributed by atoms with E-state index in [1.165, 1.54) is 55.3 Å². The second kappa shape index (κ2) is 8.63. The van der Waals surface area contributed by atoms with Gasteiger partial charge in [-0.25, -0.2) is 0 Å². The Balaban J connectivity index is 1.55. The van der Waals surface area contributed by atoms with Crippen molar-refractivity contribution in [2.75, 3.05) is 0 Å². The van der Waals surface area contributed by atoms with Crippen molar-refractivity contribution in [3.8, 4) is 16.8 Å². The summed E-state index contributed by atoms with van der Waals surface area (Å²) < 4.78 is 2.36. The van der Waals surface area contributed by atoms with E-state index in [1.54, 1.807) is 0 Å². The summed E-state index contributed by atoms with van der Waals surface area (Å²) in [6.45, 7) is 4.71. The molecule has 6 aromatic carbocycles. The van der Waals surface area contributed by atoms with Crippen LogP contribution in [0.1, 0.15) is 47.2 Å². The zero-order chi connectivity index (χ0) is 29.1. The number of nitrogens with zero attached hydrogens (tertiary/aromatic N) is 1. The molecule has 2 aliphatic carbocycles. The Hall–Kier alpha value is -4.30. The van der Waals surface area contributed by atoms with Gasteiger partial charge in [-0.15, -0.1) is 0 Å². The largest absolute Gasteiger partial charge is 0.307 e. The van der Waals surface area contributed by atoms with Crippen molar-refractivity contribution in [3.63, 3.8) is 0 Å². The Kier molecular flexibility index (Phi) is 5.06. The van der Waals surface area contributed by atoms with E-state index < -0.39 is 5.41 Å². The summed E-state index contributed by atoms with van der Waals surface area (Å²) >= 11 is 13.8. The van der Waals surface area contributed by atoms with Crippen LogP contribution in [0.25, 0.3) is 38.6 Å². The van der Waals surface area contributed by atoms with Gasteiger partial charge in [-0.3, -0.25) is 0 Å². The predicted octanol–water partition coefficient (Wildman–Crippen LogP) is 11.1. The molecular formula is C40H27Cl2N. The minimum Gasteiger partial charge on any atom is -0.307 e. The summed E-state index contributed by atoms with van der Waals surface area (Å²) in [4.78, 5) is 0. The second-order valence-electron chi connectivity index (χ2n) is 12.3. The van der Waals surface area contributed by atoms with Crippen LogP contribution in [0.3, 0.4) is 0 Å². The molecular weight excluding hydrogens is 565 g/mol. The van der Waals surface area contributed by atoms with Crippen LogP contribution in [0.4, 0.5) is 0 Å². The first kappa shape index (κ1) is 25.2. The first-order valence-electron chi connectivity index (χ1n) is 14.8. The zero-order valence-corrected chi connectivity index (χ0v) is 25.3. The maximum atomic E-state index is 6.96. The summed E-state index contributed by atoms with van der Waals surface area (Å²) in [6, 6.07) is 46.0. The highest BCUT2D eigenvalue weighted by Crippen LogP contribution is 2.63. The average Bonchev–Trinajstić information content (AvgIpc) is 3.51. The maximum absolute atomic E-state index is 6.96. The number of rotatable bonds is 1. The smallest absolute Gasteiger partial charge is 0.0720 e. The molecule has 1 heterocycles. The highest BCUT2D eigenvalue weighted by Gasteiger charge is 2.53. The molecule has 1 aromatic heterocycles. The summed E-state index contributed by atoms with van der Waals surface area (Å²) in [5, 5.41) is 3.86. The molecule has 0 atom stereocenters. The van der Waals surface area contributed by atoms with Gasteiger partial charge in [0.05, 0.1) is 27.2 Å². The number of benzene rings is 6. The van der Waals surface area contributed by atoms with E-state index in [0.717, 1.165) is 26.8 Å². The van der Waals surface area contributed by atoms with E-state index >= 15 is 0 Å². The second-order valence-corrected chi connectivity index (χ2v) is 13.2. The molecule has 0 N–H and O–H groups in total. The third-order valence-electron chi connectivity index (χ3n) is 10.00. The fraction of sp³-hybridized carbons (Fsp3) is 0.100. The first-order chi connectivity index (χ1) is 20.9. The van der Waals surface area contributed by atoms with Crippen molar-refractivity contribution >= 4 is 45.0 Å². The normalized spacial score (nSPS) is 15.3. The standard InChI is InChI=1S/C40H27Cl2N/c1-39(2)29-12-4-6-14-31(29)40(32-15-7-5-13-30(32)39)28-21-19-24(41)23-27(28)37-33(40)22-20-26-25-11-3-9-17-35(25)43(38(26)37)36-18-10-8-16-34(36)42/h3-23H,1-2H3. The van der Waals surface area contributed by atoms with Crippen LogP contribution in [0.15, 0.2) is 127 Å². The van der Waals surface area contributed by atoms with Crippen LogP contribution in [-0.4, -0.2) is 4.57 Å². The van der Waals surface area contributed by atoms with Gasteiger partial charge >= 0.3 is 0 Å². The quantitative estimate of drug-likeness (QED) is 0.179. The monoisotopic (exact) mass is 591 g/mol. The SMILES string of the molecule is CC1(C)c2ccccc2C2(c3ccc(Cl)cc3-c3c2ccc2c4ccccc4n(-c4ccccc4Cl)c32)c2ccccc21. The molecule has 0 unspecified atom stereocenters. The molecule has 7 aromatic rings. The summed E-state index contributed by atoms with van der Waals surface area (Å²) in [6.07, 6.45) is 0. The Morgan fingerprint density at radius 3 is 1.86 bits per heavy atom. The van der Waals surface area contributed by atoms with E-state index in [0.29, 0.717) is 0 Å². The molecule has 0 saturated heterocycles. The van der Waals surface area contributed by atoms with Crippen molar-refractivity contribution in [1.82, 2.24) is 4.57 Å². The van der Waals surface area contributed by atoms with E-state index in [4.69, 9.17) is 23.2 Å². The van der Waals surface area contributed by atoms with E-state index in [1.807, 2.05) is 12.1 Å². The van der Waals surface area contributed by atoms with Gasteiger partial charge < -0.3 is 4.57 Å². The number of hydrogen-bond donors (Lipinski definition) is 0. The van der Waals surface area contributed by atoms with E-state index in [2.05, 4.69) is 134 Å². The molecule has 9 rings (SSSR count).